The van der Waals surface area contributed by atoms with Gasteiger partial charge in [-0.25, -0.2) is 4.98 Å². The van der Waals surface area contributed by atoms with E-state index in [1.165, 1.54) is 0 Å². The molecular weight excluding hydrogens is 198 g/mol. The molecule has 3 nitrogen and oxygen atoms in total. The summed E-state index contributed by atoms with van der Waals surface area (Å²) in [7, 11) is 0. The first-order valence-electron chi connectivity index (χ1n) is 6.15. The van der Waals surface area contributed by atoms with Gasteiger partial charge in [0.2, 0.25) is 0 Å². The van der Waals surface area contributed by atoms with Gasteiger partial charge in [-0.05, 0) is 37.5 Å². The van der Waals surface area contributed by atoms with Crippen LogP contribution in [0.1, 0.15) is 45.2 Å². The van der Waals surface area contributed by atoms with Crippen LogP contribution >= 0.6 is 0 Å². The molecule has 1 rings (SSSR count). The van der Waals surface area contributed by atoms with Crippen LogP contribution in [0, 0.1) is 0 Å². The van der Waals surface area contributed by atoms with Crippen LogP contribution < -0.4 is 10.6 Å². The molecule has 0 aliphatic rings. The zero-order valence-corrected chi connectivity index (χ0v) is 10.6. The highest BCUT2D eigenvalue weighted by atomic mass is 15.2. The van der Waals surface area contributed by atoms with Gasteiger partial charge in [-0.2, -0.15) is 0 Å². The summed E-state index contributed by atoms with van der Waals surface area (Å²) in [6.07, 6.45) is 4.14. The zero-order chi connectivity index (χ0) is 12.0. The average Bonchev–Trinajstić information content (AvgIpc) is 2.29. The van der Waals surface area contributed by atoms with E-state index in [4.69, 9.17) is 5.73 Å². The van der Waals surface area contributed by atoms with Crippen LogP contribution in [-0.4, -0.2) is 18.1 Å². The summed E-state index contributed by atoms with van der Waals surface area (Å²) in [5.41, 5.74) is 7.04. The predicted molar refractivity (Wildman–Crippen MR) is 69.6 cm³/mol. The molecule has 0 aliphatic carbocycles. The van der Waals surface area contributed by atoms with Crippen LogP contribution in [0.25, 0.3) is 0 Å². The minimum absolute atomic E-state index is 0.0758. The molecule has 0 saturated heterocycles. The van der Waals surface area contributed by atoms with Gasteiger partial charge in [0, 0.05) is 25.3 Å². The molecule has 0 aromatic carbocycles. The second-order valence-corrected chi connectivity index (χ2v) is 4.22. The van der Waals surface area contributed by atoms with Crippen LogP contribution in [-0.2, 0) is 0 Å². The van der Waals surface area contributed by atoms with E-state index in [0.717, 1.165) is 37.3 Å². The summed E-state index contributed by atoms with van der Waals surface area (Å²) in [5.74, 6) is 1.05. The van der Waals surface area contributed by atoms with Gasteiger partial charge < -0.3 is 10.6 Å². The van der Waals surface area contributed by atoms with E-state index in [9.17, 15) is 0 Å². The van der Waals surface area contributed by atoms with Crippen LogP contribution in [0.15, 0.2) is 18.3 Å². The fourth-order valence-electron chi connectivity index (χ4n) is 1.77. The first-order chi connectivity index (χ1) is 7.69. The van der Waals surface area contributed by atoms with Gasteiger partial charge in [0.25, 0.3) is 0 Å². The molecule has 0 amide bonds. The van der Waals surface area contributed by atoms with Crippen molar-refractivity contribution in [2.75, 3.05) is 18.0 Å². The van der Waals surface area contributed by atoms with Gasteiger partial charge >= 0.3 is 0 Å². The van der Waals surface area contributed by atoms with Crippen molar-refractivity contribution < 1.29 is 0 Å². The predicted octanol–water partition coefficient (Wildman–Crippen LogP) is 2.73. The Morgan fingerprint density at radius 3 is 2.44 bits per heavy atom. The fraction of sp³-hybridized carbons (Fsp3) is 0.615. The molecule has 1 heterocycles. The van der Waals surface area contributed by atoms with Crippen LogP contribution in [0.2, 0.25) is 0 Å². The third kappa shape index (κ3) is 3.49. The highest BCUT2D eigenvalue weighted by molar-refractivity contribution is 5.41. The molecule has 0 aliphatic heterocycles. The van der Waals surface area contributed by atoms with E-state index in [-0.39, 0.29) is 6.04 Å². The number of hydrogen-bond acceptors (Lipinski definition) is 3. The van der Waals surface area contributed by atoms with Crippen molar-refractivity contribution in [1.29, 1.82) is 0 Å². The van der Waals surface area contributed by atoms with E-state index in [1.807, 2.05) is 19.2 Å². The lowest BCUT2D eigenvalue weighted by molar-refractivity contribution is 0.730. The quantitative estimate of drug-likeness (QED) is 0.803. The van der Waals surface area contributed by atoms with E-state index in [0.29, 0.717) is 0 Å². The molecule has 0 spiro atoms. The summed E-state index contributed by atoms with van der Waals surface area (Å²) in [4.78, 5) is 6.76. The summed E-state index contributed by atoms with van der Waals surface area (Å²) in [6, 6.07) is 4.17. The number of aromatic nitrogens is 1. The lowest BCUT2D eigenvalue weighted by Gasteiger charge is -2.23. The molecule has 2 N–H and O–H groups in total. The summed E-state index contributed by atoms with van der Waals surface area (Å²) in [5, 5.41) is 0. The van der Waals surface area contributed by atoms with Gasteiger partial charge in [0.1, 0.15) is 5.82 Å². The normalized spacial score (nSPS) is 12.5. The number of pyridine rings is 1. The van der Waals surface area contributed by atoms with Gasteiger partial charge in [-0.1, -0.05) is 13.8 Å². The molecule has 1 aromatic rings. The first kappa shape index (κ1) is 13.0. The zero-order valence-electron chi connectivity index (χ0n) is 10.6. The Morgan fingerprint density at radius 2 is 1.94 bits per heavy atom. The largest absolute Gasteiger partial charge is 0.357 e. The van der Waals surface area contributed by atoms with Crippen molar-refractivity contribution in [3.05, 3.63) is 23.9 Å². The standard InChI is InChI=1S/C13H23N3/c1-4-8-16(9-5-2)13-10-12(11(3)14)6-7-15-13/h6-7,10-11H,4-5,8-9,14H2,1-3H3. The van der Waals surface area contributed by atoms with E-state index < -0.39 is 0 Å². The monoisotopic (exact) mass is 221 g/mol. The molecule has 0 bridgehead atoms. The second-order valence-electron chi connectivity index (χ2n) is 4.22. The van der Waals surface area contributed by atoms with E-state index >= 15 is 0 Å². The minimum atomic E-state index is 0.0758. The maximum Gasteiger partial charge on any atom is 0.128 e. The molecule has 16 heavy (non-hydrogen) atoms. The van der Waals surface area contributed by atoms with Gasteiger partial charge in [-0.3, -0.25) is 0 Å². The topological polar surface area (TPSA) is 42.1 Å². The van der Waals surface area contributed by atoms with Gasteiger partial charge in [0.05, 0.1) is 0 Å². The molecule has 0 saturated carbocycles. The van der Waals surface area contributed by atoms with Crippen molar-refractivity contribution in [1.82, 2.24) is 4.98 Å². The van der Waals surface area contributed by atoms with Crippen molar-refractivity contribution in [3.8, 4) is 0 Å². The Labute approximate surface area is 98.7 Å². The van der Waals surface area contributed by atoms with Crippen LogP contribution in [0.4, 0.5) is 5.82 Å². The van der Waals surface area contributed by atoms with Crippen molar-refractivity contribution in [2.45, 2.75) is 39.7 Å². The van der Waals surface area contributed by atoms with E-state index in [1.54, 1.807) is 0 Å². The first-order valence-corrected chi connectivity index (χ1v) is 6.15. The molecule has 0 fully saturated rings. The average molecular weight is 221 g/mol. The minimum Gasteiger partial charge on any atom is -0.357 e. The Bertz CT molecular complexity index is 304. The fourth-order valence-corrected chi connectivity index (χ4v) is 1.77. The molecule has 90 valence electrons. The highest BCUT2D eigenvalue weighted by Crippen LogP contribution is 2.17. The molecular formula is C13H23N3. The van der Waals surface area contributed by atoms with Crippen LogP contribution in [0.5, 0.6) is 0 Å². The number of anilines is 1. The smallest absolute Gasteiger partial charge is 0.128 e. The van der Waals surface area contributed by atoms with Crippen LogP contribution in [0.3, 0.4) is 0 Å². The highest BCUT2D eigenvalue weighted by Gasteiger charge is 2.07. The SMILES string of the molecule is CCCN(CCC)c1cc(C(C)N)ccn1. The number of hydrogen-bond donors (Lipinski definition) is 1. The summed E-state index contributed by atoms with van der Waals surface area (Å²) >= 11 is 0. The Balaban J connectivity index is 2.86. The maximum absolute atomic E-state index is 5.88. The third-order valence-electron chi connectivity index (χ3n) is 2.61. The van der Waals surface area contributed by atoms with Crippen molar-refractivity contribution in [2.24, 2.45) is 5.73 Å². The van der Waals surface area contributed by atoms with Gasteiger partial charge in [0.15, 0.2) is 0 Å². The molecule has 3 heteroatoms. The second kappa shape index (κ2) is 6.48. The lowest BCUT2D eigenvalue weighted by Crippen LogP contribution is -2.26. The Hall–Kier alpha value is -1.09. The van der Waals surface area contributed by atoms with E-state index in [2.05, 4.69) is 29.8 Å². The van der Waals surface area contributed by atoms with Crippen molar-refractivity contribution in [3.63, 3.8) is 0 Å². The number of rotatable bonds is 6. The number of nitrogens with zero attached hydrogens (tertiary/aromatic N) is 2. The van der Waals surface area contributed by atoms with Crippen molar-refractivity contribution >= 4 is 5.82 Å². The Kier molecular flexibility index (Phi) is 5.26. The molecule has 1 unspecified atom stereocenters. The molecule has 0 radical (unpaired) electrons. The number of nitrogens with two attached hydrogens (primary N) is 1. The molecule has 1 aromatic heterocycles. The van der Waals surface area contributed by atoms with Gasteiger partial charge in [-0.15, -0.1) is 0 Å². The Morgan fingerprint density at radius 1 is 1.31 bits per heavy atom. The lowest BCUT2D eigenvalue weighted by atomic mass is 10.1. The summed E-state index contributed by atoms with van der Waals surface area (Å²) in [6.45, 7) is 8.51. The molecule has 1 atom stereocenters. The third-order valence-corrected chi connectivity index (χ3v) is 2.61. The summed E-state index contributed by atoms with van der Waals surface area (Å²) < 4.78 is 0. The maximum atomic E-state index is 5.88.